The van der Waals surface area contributed by atoms with Gasteiger partial charge in [0.1, 0.15) is 11.5 Å². The lowest BCUT2D eigenvalue weighted by atomic mass is 10.1. The van der Waals surface area contributed by atoms with Crippen molar-refractivity contribution < 1.29 is 14.1 Å². The molecule has 1 saturated heterocycles. The van der Waals surface area contributed by atoms with Gasteiger partial charge in [-0.2, -0.15) is 0 Å². The number of furan rings is 1. The van der Waals surface area contributed by atoms with Crippen LogP contribution in [0.25, 0.3) is 11.3 Å². The van der Waals surface area contributed by atoms with Crippen molar-refractivity contribution >= 4 is 23.2 Å². The lowest BCUT2D eigenvalue weighted by molar-refractivity contribution is -0.384. The lowest BCUT2D eigenvalue weighted by Crippen LogP contribution is -2.35. The van der Waals surface area contributed by atoms with Crippen LogP contribution in [0.15, 0.2) is 65.1 Å². The molecular weight excluding hydrogens is 418 g/mol. The number of rotatable bonds is 8. The molecule has 8 heteroatoms. The van der Waals surface area contributed by atoms with Crippen molar-refractivity contribution in [2.45, 2.75) is 25.4 Å². The fourth-order valence-corrected chi connectivity index (χ4v) is 3.96. The Hall–Kier alpha value is -3.16. The second kappa shape index (κ2) is 9.32. The predicted octanol–water partition coefficient (Wildman–Crippen LogP) is 4.96. The molecule has 2 aromatic carbocycles. The normalized spacial score (nSPS) is 14.7. The number of likely N-dealkylation sites (tertiary alicyclic amines) is 1. The number of carbonyl (C=O) groups is 1. The summed E-state index contributed by atoms with van der Waals surface area (Å²) in [6.45, 7) is 1.77. The van der Waals surface area contributed by atoms with Crippen molar-refractivity contribution in [1.82, 2.24) is 10.2 Å². The van der Waals surface area contributed by atoms with Gasteiger partial charge >= 0.3 is 0 Å². The Morgan fingerprint density at radius 2 is 1.97 bits per heavy atom. The van der Waals surface area contributed by atoms with E-state index < -0.39 is 4.92 Å². The summed E-state index contributed by atoms with van der Waals surface area (Å²) in [5.41, 5.74) is 1.36. The molecule has 7 nitrogen and oxygen atoms in total. The van der Waals surface area contributed by atoms with E-state index in [1.54, 1.807) is 24.3 Å². The third-order valence-corrected chi connectivity index (χ3v) is 5.62. The highest BCUT2D eigenvalue weighted by Crippen LogP contribution is 2.33. The Morgan fingerprint density at radius 3 is 2.68 bits per heavy atom. The SMILES string of the molecule is O=C1CCCN1CC(NCc1ccc(-c2ccc(Cl)cc2[N+](=O)[O-])o1)c1ccccc1. The second-order valence-corrected chi connectivity index (χ2v) is 7.91. The Balaban J connectivity index is 1.50. The van der Waals surface area contributed by atoms with Crippen molar-refractivity contribution in [3.8, 4) is 11.3 Å². The Morgan fingerprint density at radius 1 is 1.16 bits per heavy atom. The van der Waals surface area contributed by atoms with E-state index in [4.69, 9.17) is 16.0 Å². The van der Waals surface area contributed by atoms with Crippen LogP contribution in [0.5, 0.6) is 0 Å². The Bertz CT molecular complexity index is 1080. The van der Waals surface area contributed by atoms with Gasteiger partial charge in [-0.3, -0.25) is 14.9 Å². The fraction of sp³-hybridized carbons (Fsp3) is 0.261. The van der Waals surface area contributed by atoms with Crippen LogP contribution in [0.2, 0.25) is 5.02 Å². The number of nitro benzene ring substituents is 1. The number of hydrogen-bond acceptors (Lipinski definition) is 5. The van der Waals surface area contributed by atoms with Crippen molar-refractivity contribution in [2.24, 2.45) is 0 Å². The van der Waals surface area contributed by atoms with E-state index in [1.165, 1.54) is 6.07 Å². The van der Waals surface area contributed by atoms with Crippen molar-refractivity contribution in [3.05, 3.63) is 87.1 Å². The van der Waals surface area contributed by atoms with Gasteiger partial charge in [0, 0.05) is 30.6 Å². The van der Waals surface area contributed by atoms with Gasteiger partial charge in [-0.05, 0) is 36.2 Å². The van der Waals surface area contributed by atoms with Crippen LogP contribution in [0.1, 0.15) is 30.2 Å². The van der Waals surface area contributed by atoms with E-state index in [1.807, 2.05) is 35.2 Å². The first-order valence-corrected chi connectivity index (χ1v) is 10.5. The van der Waals surface area contributed by atoms with Crippen LogP contribution in [-0.2, 0) is 11.3 Å². The standard InChI is InChI=1S/C23H22ClN3O4/c24-17-8-10-19(21(13-17)27(29)30)22-11-9-18(31-22)14-25-20(16-5-2-1-3-6-16)15-26-12-4-7-23(26)28/h1-3,5-6,8-11,13,20,25H,4,7,12,14-15H2. The average Bonchev–Trinajstić information content (AvgIpc) is 3.40. The zero-order valence-corrected chi connectivity index (χ0v) is 17.5. The van der Waals surface area contributed by atoms with E-state index in [0.29, 0.717) is 41.6 Å². The zero-order valence-electron chi connectivity index (χ0n) is 16.8. The molecule has 1 atom stereocenters. The molecule has 1 amide bonds. The number of carbonyl (C=O) groups excluding carboxylic acids is 1. The van der Waals surface area contributed by atoms with Gasteiger partial charge in [-0.25, -0.2) is 0 Å². The Kier molecular flexibility index (Phi) is 6.34. The summed E-state index contributed by atoms with van der Waals surface area (Å²) in [6, 6.07) is 17.9. The topological polar surface area (TPSA) is 88.6 Å². The van der Waals surface area contributed by atoms with E-state index in [-0.39, 0.29) is 17.6 Å². The summed E-state index contributed by atoms with van der Waals surface area (Å²) < 4.78 is 5.89. The summed E-state index contributed by atoms with van der Waals surface area (Å²) in [7, 11) is 0. The molecule has 0 spiro atoms. The molecule has 0 bridgehead atoms. The van der Waals surface area contributed by atoms with Gasteiger partial charge in [-0.15, -0.1) is 0 Å². The summed E-state index contributed by atoms with van der Waals surface area (Å²) in [4.78, 5) is 24.9. The van der Waals surface area contributed by atoms with Crippen LogP contribution >= 0.6 is 11.6 Å². The molecule has 0 saturated carbocycles. The minimum absolute atomic E-state index is 0.0540. The van der Waals surface area contributed by atoms with Crippen LogP contribution in [0.4, 0.5) is 5.69 Å². The quantitative estimate of drug-likeness (QED) is 0.395. The minimum Gasteiger partial charge on any atom is -0.459 e. The first kappa shape index (κ1) is 21.1. The van der Waals surface area contributed by atoms with Crippen LogP contribution in [-0.4, -0.2) is 28.8 Å². The van der Waals surface area contributed by atoms with Crippen LogP contribution in [0.3, 0.4) is 0 Å². The number of nitrogens with one attached hydrogen (secondary N) is 1. The third kappa shape index (κ3) is 4.95. The highest BCUT2D eigenvalue weighted by atomic mass is 35.5. The van der Waals surface area contributed by atoms with Crippen LogP contribution in [0, 0.1) is 10.1 Å². The predicted molar refractivity (Wildman–Crippen MR) is 118 cm³/mol. The van der Waals surface area contributed by atoms with Gasteiger partial charge in [0.15, 0.2) is 0 Å². The maximum absolute atomic E-state index is 12.1. The van der Waals surface area contributed by atoms with Gasteiger partial charge in [0.05, 0.1) is 23.1 Å². The zero-order chi connectivity index (χ0) is 21.8. The first-order valence-electron chi connectivity index (χ1n) is 10.1. The van der Waals surface area contributed by atoms with E-state index >= 15 is 0 Å². The molecular formula is C23H22ClN3O4. The maximum atomic E-state index is 12.1. The van der Waals surface area contributed by atoms with Gasteiger partial charge in [-0.1, -0.05) is 41.9 Å². The molecule has 2 heterocycles. The number of nitrogens with zero attached hydrogens (tertiary/aromatic N) is 2. The molecule has 1 aliphatic rings. The lowest BCUT2D eigenvalue weighted by Gasteiger charge is -2.25. The van der Waals surface area contributed by atoms with Crippen molar-refractivity contribution in [3.63, 3.8) is 0 Å². The first-order chi connectivity index (χ1) is 15.0. The summed E-state index contributed by atoms with van der Waals surface area (Å²) in [6.07, 6.45) is 1.49. The number of benzene rings is 2. The average molecular weight is 440 g/mol. The summed E-state index contributed by atoms with van der Waals surface area (Å²) in [5.74, 6) is 1.23. The minimum atomic E-state index is -0.472. The molecule has 0 aliphatic carbocycles. The number of hydrogen-bond donors (Lipinski definition) is 1. The molecule has 160 valence electrons. The highest BCUT2D eigenvalue weighted by molar-refractivity contribution is 6.30. The second-order valence-electron chi connectivity index (χ2n) is 7.47. The molecule has 1 N–H and O–H groups in total. The molecule has 1 unspecified atom stereocenters. The maximum Gasteiger partial charge on any atom is 0.281 e. The molecule has 1 fully saturated rings. The summed E-state index contributed by atoms with van der Waals surface area (Å²) in [5, 5.41) is 15.1. The third-order valence-electron chi connectivity index (χ3n) is 5.38. The van der Waals surface area contributed by atoms with Crippen molar-refractivity contribution in [2.75, 3.05) is 13.1 Å². The van der Waals surface area contributed by atoms with E-state index in [9.17, 15) is 14.9 Å². The fourth-order valence-electron chi connectivity index (χ4n) is 3.80. The smallest absolute Gasteiger partial charge is 0.281 e. The number of nitro groups is 1. The molecule has 0 radical (unpaired) electrons. The highest BCUT2D eigenvalue weighted by Gasteiger charge is 2.24. The van der Waals surface area contributed by atoms with E-state index in [0.717, 1.165) is 18.5 Å². The van der Waals surface area contributed by atoms with Gasteiger partial charge in [0.25, 0.3) is 5.69 Å². The molecule has 1 aliphatic heterocycles. The number of amides is 1. The number of halogens is 1. The largest absolute Gasteiger partial charge is 0.459 e. The molecule has 31 heavy (non-hydrogen) atoms. The molecule has 1 aromatic heterocycles. The van der Waals surface area contributed by atoms with Gasteiger partial charge in [0.2, 0.25) is 5.91 Å². The van der Waals surface area contributed by atoms with E-state index in [2.05, 4.69) is 5.32 Å². The monoisotopic (exact) mass is 439 g/mol. The Labute approximate surface area is 184 Å². The van der Waals surface area contributed by atoms with Crippen molar-refractivity contribution in [1.29, 1.82) is 0 Å². The molecule has 4 rings (SSSR count). The van der Waals surface area contributed by atoms with Gasteiger partial charge < -0.3 is 14.6 Å². The molecule has 3 aromatic rings. The summed E-state index contributed by atoms with van der Waals surface area (Å²) >= 11 is 5.90. The van der Waals surface area contributed by atoms with Crippen LogP contribution < -0.4 is 5.32 Å².